The lowest BCUT2D eigenvalue weighted by Gasteiger charge is -2.14. The Morgan fingerprint density at radius 3 is 2.55 bits per heavy atom. The molecule has 1 aromatic heterocycles. The number of aromatic nitrogens is 1. The van der Waals surface area contributed by atoms with Gasteiger partial charge in [-0.2, -0.15) is 0 Å². The molecule has 0 spiro atoms. The molecule has 0 aliphatic rings. The Balaban J connectivity index is 2.03. The van der Waals surface area contributed by atoms with Crippen molar-refractivity contribution >= 4 is 10.8 Å². The zero-order valence-electron chi connectivity index (χ0n) is 13.5. The van der Waals surface area contributed by atoms with Crippen molar-refractivity contribution in [3.63, 3.8) is 0 Å². The Kier molecular flexibility index (Phi) is 4.21. The van der Waals surface area contributed by atoms with E-state index >= 15 is 0 Å². The first-order valence-electron chi connectivity index (χ1n) is 7.69. The molecule has 2 heteroatoms. The maximum absolute atomic E-state index is 4.64. The third-order valence-corrected chi connectivity index (χ3v) is 3.92. The summed E-state index contributed by atoms with van der Waals surface area (Å²) in [5.41, 5.74) is 5.13. The molecule has 0 aliphatic carbocycles. The van der Waals surface area contributed by atoms with Crippen molar-refractivity contribution in [2.24, 2.45) is 0 Å². The topological polar surface area (TPSA) is 16.1 Å². The van der Waals surface area contributed by atoms with Crippen LogP contribution in [-0.2, 0) is 13.0 Å². The molecule has 22 heavy (non-hydrogen) atoms. The minimum Gasteiger partial charge on any atom is -0.305 e. The van der Waals surface area contributed by atoms with E-state index in [0.717, 1.165) is 18.7 Å². The molecule has 112 valence electrons. The number of hydrogen-bond donors (Lipinski definition) is 0. The number of aryl methyl sites for hydroxylation is 1. The highest BCUT2D eigenvalue weighted by Crippen LogP contribution is 2.23. The minimum atomic E-state index is 0.879. The van der Waals surface area contributed by atoms with E-state index in [2.05, 4.69) is 79.4 Å². The molecule has 1 heterocycles. The van der Waals surface area contributed by atoms with Crippen LogP contribution in [0.3, 0.4) is 0 Å². The second-order valence-corrected chi connectivity index (χ2v) is 6.17. The molecule has 2 aromatic carbocycles. The van der Waals surface area contributed by atoms with Crippen LogP contribution in [0, 0.1) is 6.92 Å². The summed E-state index contributed by atoms with van der Waals surface area (Å²) in [6.45, 7) is 3.08. The van der Waals surface area contributed by atoms with Gasteiger partial charge in [-0.1, -0.05) is 48.0 Å². The fourth-order valence-corrected chi connectivity index (χ4v) is 2.97. The van der Waals surface area contributed by atoms with E-state index in [-0.39, 0.29) is 0 Å². The first-order valence-corrected chi connectivity index (χ1v) is 7.69. The molecule has 0 unspecified atom stereocenters. The van der Waals surface area contributed by atoms with Crippen LogP contribution in [0.1, 0.15) is 22.4 Å². The number of rotatable bonds is 4. The van der Waals surface area contributed by atoms with Crippen LogP contribution in [0.15, 0.2) is 54.7 Å². The van der Waals surface area contributed by atoms with Gasteiger partial charge >= 0.3 is 0 Å². The zero-order valence-corrected chi connectivity index (χ0v) is 13.5. The van der Waals surface area contributed by atoms with Crippen LogP contribution in [-0.4, -0.2) is 24.0 Å². The molecule has 0 radical (unpaired) electrons. The normalized spacial score (nSPS) is 11.3. The van der Waals surface area contributed by atoms with Gasteiger partial charge in [0.25, 0.3) is 0 Å². The summed E-state index contributed by atoms with van der Waals surface area (Å²) in [6, 6.07) is 17.3. The van der Waals surface area contributed by atoms with Crippen LogP contribution >= 0.6 is 0 Å². The Bertz CT molecular complexity index is 791. The molecule has 0 fully saturated rings. The van der Waals surface area contributed by atoms with Crippen LogP contribution < -0.4 is 0 Å². The van der Waals surface area contributed by atoms with E-state index in [1.807, 2.05) is 6.20 Å². The van der Waals surface area contributed by atoms with E-state index < -0.39 is 0 Å². The third-order valence-electron chi connectivity index (χ3n) is 3.92. The summed E-state index contributed by atoms with van der Waals surface area (Å²) in [6.07, 6.45) is 2.82. The maximum atomic E-state index is 4.64. The largest absolute Gasteiger partial charge is 0.305 e. The first kappa shape index (κ1) is 14.7. The quantitative estimate of drug-likeness (QED) is 0.716. The highest BCUT2D eigenvalue weighted by atomic mass is 15.0. The molecule has 3 aromatic rings. The second-order valence-electron chi connectivity index (χ2n) is 6.17. The van der Waals surface area contributed by atoms with Crippen molar-refractivity contribution in [3.8, 4) is 0 Å². The standard InChI is InChI=1S/C20H22N2/c1-15-6-4-7-16(12-15)13-20-19-9-5-8-17(14-22(2)3)18(19)10-11-21-20/h4-12H,13-14H2,1-3H3. The van der Waals surface area contributed by atoms with Gasteiger partial charge in [-0.3, -0.25) is 4.98 Å². The van der Waals surface area contributed by atoms with Gasteiger partial charge in [0.2, 0.25) is 0 Å². The van der Waals surface area contributed by atoms with Gasteiger partial charge in [0.15, 0.2) is 0 Å². The lowest BCUT2D eigenvalue weighted by molar-refractivity contribution is 0.404. The van der Waals surface area contributed by atoms with Crippen molar-refractivity contribution in [2.45, 2.75) is 19.9 Å². The summed E-state index contributed by atoms with van der Waals surface area (Å²) in [4.78, 5) is 6.84. The molecule has 0 atom stereocenters. The lowest BCUT2D eigenvalue weighted by atomic mass is 9.99. The number of pyridine rings is 1. The SMILES string of the molecule is Cc1cccc(Cc2nccc3c(CN(C)C)cccc23)c1. The Hall–Kier alpha value is -2.19. The van der Waals surface area contributed by atoms with Crippen molar-refractivity contribution in [1.82, 2.24) is 9.88 Å². The van der Waals surface area contributed by atoms with Gasteiger partial charge in [0, 0.05) is 24.5 Å². The molecule has 0 saturated heterocycles. The number of benzene rings is 2. The molecular formula is C20H22N2. The smallest absolute Gasteiger partial charge is 0.0525 e. The summed E-state index contributed by atoms with van der Waals surface area (Å²) in [5, 5.41) is 2.58. The van der Waals surface area contributed by atoms with Gasteiger partial charge in [-0.05, 0) is 43.6 Å². The number of nitrogens with zero attached hydrogens (tertiary/aromatic N) is 2. The van der Waals surface area contributed by atoms with Gasteiger partial charge in [0.1, 0.15) is 0 Å². The predicted molar refractivity (Wildman–Crippen MR) is 93.1 cm³/mol. The van der Waals surface area contributed by atoms with E-state index in [1.54, 1.807) is 0 Å². The van der Waals surface area contributed by atoms with Crippen LogP contribution in [0.5, 0.6) is 0 Å². The maximum Gasteiger partial charge on any atom is 0.0525 e. The lowest BCUT2D eigenvalue weighted by Crippen LogP contribution is -2.11. The van der Waals surface area contributed by atoms with E-state index in [0.29, 0.717) is 0 Å². The number of hydrogen-bond acceptors (Lipinski definition) is 2. The van der Waals surface area contributed by atoms with Gasteiger partial charge in [-0.25, -0.2) is 0 Å². The predicted octanol–water partition coefficient (Wildman–Crippen LogP) is 4.20. The molecule has 0 aliphatic heterocycles. The van der Waals surface area contributed by atoms with E-state index in [9.17, 15) is 0 Å². The van der Waals surface area contributed by atoms with Gasteiger partial charge < -0.3 is 4.90 Å². The number of fused-ring (bicyclic) bond motifs is 1. The van der Waals surface area contributed by atoms with Crippen LogP contribution in [0.4, 0.5) is 0 Å². The summed E-state index contributed by atoms with van der Waals surface area (Å²) >= 11 is 0. The summed E-state index contributed by atoms with van der Waals surface area (Å²) in [7, 11) is 4.21. The molecule has 0 bridgehead atoms. The van der Waals surface area contributed by atoms with Crippen LogP contribution in [0.25, 0.3) is 10.8 Å². The summed E-state index contributed by atoms with van der Waals surface area (Å²) < 4.78 is 0. The average molecular weight is 290 g/mol. The Morgan fingerprint density at radius 1 is 0.955 bits per heavy atom. The molecule has 0 amide bonds. The van der Waals surface area contributed by atoms with Crippen molar-refractivity contribution < 1.29 is 0 Å². The Labute approximate surface area is 132 Å². The van der Waals surface area contributed by atoms with Crippen LogP contribution in [0.2, 0.25) is 0 Å². The van der Waals surface area contributed by atoms with E-state index in [4.69, 9.17) is 0 Å². The zero-order chi connectivity index (χ0) is 15.5. The molecule has 2 nitrogen and oxygen atoms in total. The summed E-state index contributed by atoms with van der Waals surface area (Å²) in [5.74, 6) is 0. The molecule has 0 saturated carbocycles. The fraction of sp³-hybridized carbons (Fsp3) is 0.250. The highest BCUT2D eigenvalue weighted by Gasteiger charge is 2.07. The van der Waals surface area contributed by atoms with Crippen molar-refractivity contribution in [1.29, 1.82) is 0 Å². The second kappa shape index (κ2) is 6.29. The fourth-order valence-electron chi connectivity index (χ4n) is 2.97. The molecular weight excluding hydrogens is 268 g/mol. The van der Waals surface area contributed by atoms with E-state index in [1.165, 1.54) is 27.5 Å². The van der Waals surface area contributed by atoms with Gasteiger partial charge in [-0.15, -0.1) is 0 Å². The Morgan fingerprint density at radius 2 is 1.77 bits per heavy atom. The first-order chi connectivity index (χ1) is 10.6. The van der Waals surface area contributed by atoms with Crippen molar-refractivity contribution in [2.75, 3.05) is 14.1 Å². The third kappa shape index (κ3) is 3.18. The minimum absolute atomic E-state index is 0.879. The average Bonchev–Trinajstić information content (AvgIpc) is 2.48. The molecule has 3 rings (SSSR count). The van der Waals surface area contributed by atoms with Crippen molar-refractivity contribution in [3.05, 3.63) is 77.1 Å². The highest BCUT2D eigenvalue weighted by molar-refractivity contribution is 5.87. The monoisotopic (exact) mass is 290 g/mol. The van der Waals surface area contributed by atoms with Gasteiger partial charge in [0.05, 0.1) is 5.69 Å². The molecule has 0 N–H and O–H groups in total.